The van der Waals surface area contributed by atoms with Crippen molar-refractivity contribution in [2.24, 2.45) is 0 Å². The molecule has 0 amide bonds. The minimum Gasteiger partial charge on any atom is -0.458 e. The normalized spacial score (nSPS) is 10.8. The second-order valence-corrected chi connectivity index (χ2v) is 4.47. The maximum Gasteiger partial charge on any atom is 0.342 e. The van der Waals surface area contributed by atoms with Crippen molar-refractivity contribution in [2.45, 2.75) is 13.5 Å². The molecule has 2 N–H and O–H groups in total. The quantitative estimate of drug-likeness (QED) is 0.637. The van der Waals surface area contributed by atoms with Crippen LogP contribution in [0.2, 0.25) is 0 Å². The largest absolute Gasteiger partial charge is 0.458 e. The number of esters is 1. The zero-order valence-electron chi connectivity index (χ0n) is 12.1. The summed E-state index contributed by atoms with van der Waals surface area (Å²) >= 11 is 0. The molecule has 2 rings (SSSR count). The van der Waals surface area contributed by atoms with E-state index in [0.29, 0.717) is 35.6 Å². The van der Waals surface area contributed by atoms with E-state index in [-0.39, 0.29) is 12.2 Å². The second-order valence-electron chi connectivity index (χ2n) is 4.47. The van der Waals surface area contributed by atoms with Crippen LogP contribution in [0.25, 0.3) is 11.0 Å². The molecule has 2 aromatic heterocycles. The van der Waals surface area contributed by atoms with Gasteiger partial charge in [-0.15, -0.1) is 0 Å². The Morgan fingerprint density at radius 3 is 3.00 bits per heavy atom. The number of anilines is 1. The second kappa shape index (κ2) is 6.36. The zero-order valence-corrected chi connectivity index (χ0v) is 12.1. The Balaban J connectivity index is 2.46. The van der Waals surface area contributed by atoms with Crippen LogP contribution in [-0.2, 0) is 16.0 Å². The summed E-state index contributed by atoms with van der Waals surface area (Å²) in [6, 6.07) is 0. The molecule has 0 aromatic carbocycles. The minimum absolute atomic E-state index is 0.128. The molecule has 0 aliphatic rings. The highest BCUT2D eigenvalue weighted by atomic mass is 16.5. The van der Waals surface area contributed by atoms with Gasteiger partial charge in [0.15, 0.2) is 5.65 Å². The van der Waals surface area contributed by atoms with E-state index < -0.39 is 5.97 Å². The maximum atomic E-state index is 12.0. The third-order valence-corrected chi connectivity index (χ3v) is 3.05. The number of nitrogens with zero attached hydrogens (tertiary/aromatic N) is 3. The molecule has 0 saturated heterocycles. The number of carbonyl (C=O) groups is 1. The summed E-state index contributed by atoms with van der Waals surface area (Å²) in [6.45, 7) is 6.42. The van der Waals surface area contributed by atoms with Crippen LogP contribution in [0.4, 0.5) is 5.69 Å². The first kappa shape index (κ1) is 15.0. The monoisotopic (exact) mass is 290 g/mol. The molecule has 0 bridgehead atoms. The van der Waals surface area contributed by atoms with Crippen molar-refractivity contribution in [3.05, 3.63) is 30.1 Å². The first-order valence-corrected chi connectivity index (χ1v) is 6.48. The van der Waals surface area contributed by atoms with Gasteiger partial charge in [-0.2, -0.15) is 5.10 Å². The minimum atomic E-state index is -0.510. The van der Waals surface area contributed by atoms with Crippen LogP contribution in [0.1, 0.15) is 16.1 Å². The summed E-state index contributed by atoms with van der Waals surface area (Å²) in [5.41, 5.74) is 7.82. The summed E-state index contributed by atoms with van der Waals surface area (Å²) in [7, 11) is 1.62. The zero-order chi connectivity index (χ0) is 15.4. The van der Waals surface area contributed by atoms with E-state index in [0.717, 1.165) is 0 Å². The summed E-state index contributed by atoms with van der Waals surface area (Å²) in [5, 5.41) is 4.85. The van der Waals surface area contributed by atoms with Crippen molar-refractivity contribution < 1.29 is 14.3 Å². The number of aromatic nitrogens is 3. The van der Waals surface area contributed by atoms with Crippen molar-refractivity contribution in [3.8, 4) is 0 Å². The van der Waals surface area contributed by atoms with Crippen molar-refractivity contribution in [1.29, 1.82) is 0 Å². The van der Waals surface area contributed by atoms with E-state index in [1.54, 1.807) is 24.9 Å². The van der Waals surface area contributed by atoms with Crippen molar-refractivity contribution in [2.75, 3.05) is 26.1 Å². The molecule has 21 heavy (non-hydrogen) atoms. The first-order chi connectivity index (χ1) is 10.1. The molecular formula is C14H18N4O3. The molecule has 7 nitrogen and oxygen atoms in total. The Morgan fingerprint density at radius 1 is 1.57 bits per heavy atom. The fourth-order valence-corrected chi connectivity index (χ4v) is 2.04. The lowest BCUT2D eigenvalue weighted by molar-refractivity contribution is 0.0550. The Bertz CT molecular complexity index is 678. The number of fused-ring (bicyclic) bond motifs is 1. The number of hydrogen-bond donors (Lipinski definition) is 1. The number of rotatable bonds is 6. The topological polar surface area (TPSA) is 92.3 Å². The number of hydrogen-bond acceptors (Lipinski definition) is 6. The van der Waals surface area contributed by atoms with Crippen LogP contribution >= 0.6 is 0 Å². The molecule has 0 aliphatic carbocycles. The molecular weight excluding hydrogens is 272 g/mol. The number of aryl methyl sites for hydroxylation is 1. The van der Waals surface area contributed by atoms with Crippen LogP contribution in [0.5, 0.6) is 0 Å². The summed E-state index contributed by atoms with van der Waals surface area (Å²) in [5.74, 6) is -0.510. The van der Waals surface area contributed by atoms with Gasteiger partial charge in [0.1, 0.15) is 12.2 Å². The lowest BCUT2D eigenvalue weighted by atomic mass is 10.1. The van der Waals surface area contributed by atoms with E-state index in [9.17, 15) is 4.79 Å². The van der Waals surface area contributed by atoms with Gasteiger partial charge in [0.05, 0.1) is 36.1 Å². The molecule has 112 valence electrons. The van der Waals surface area contributed by atoms with E-state index in [2.05, 4.69) is 16.7 Å². The average Bonchev–Trinajstić information content (AvgIpc) is 2.86. The van der Waals surface area contributed by atoms with Gasteiger partial charge in [-0.25, -0.2) is 14.5 Å². The van der Waals surface area contributed by atoms with Gasteiger partial charge in [0.2, 0.25) is 0 Å². The third kappa shape index (κ3) is 2.87. The molecule has 0 saturated carbocycles. The predicted octanol–water partition coefficient (Wildman–Crippen LogP) is 1.31. The van der Waals surface area contributed by atoms with Crippen molar-refractivity contribution in [3.63, 3.8) is 0 Å². The van der Waals surface area contributed by atoms with Crippen molar-refractivity contribution >= 4 is 22.7 Å². The van der Waals surface area contributed by atoms with Crippen molar-refractivity contribution in [1.82, 2.24) is 14.8 Å². The van der Waals surface area contributed by atoms with Crippen LogP contribution in [0, 0.1) is 6.92 Å². The SMILES string of the molecule is C=CCOC(=O)c1c(C)nc2c(cnn2CCOC)c1N. The fraction of sp³-hybridized carbons (Fsp3) is 0.357. The molecule has 7 heteroatoms. The highest BCUT2D eigenvalue weighted by Gasteiger charge is 2.20. The van der Waals surface area contributed by atoms with Gasteiger partial charge in [-0.05, 0) is 6.92 Å². The molecule has 2 aromatic rings. The maximum absolute atomic E-state index is 12.0. The number of nitrogens with two attached hydrogens (primary N) is 1. The standard InChI is InChI=1S/C14H18N4O3/c1-4-6-21-14(19)11-9(2)17-13-10(12(11)15)8-16-18(13)5-7-20-3/h4,8H,1,5-7H2,2-3H3,(H2,15,17). The van der Waals surface area contributed by atoms with E-state index in [1.165, 1.54) is 6.08 Å². The number of carbonyl (C=O) groups excluding carboxylic acids is 1. The summed E-state index contributed by atoms with van der Waals surface area (Å²) < 4.78 is 11.8. The molecule has 0 aliphatic heterocycles. The van der Waals surface area contributed by atoms with Gasteiger partial charge < -0.3 is 15.2 Å². The van der Waals surface area contributed by atoms with Gasteiger partial charge in [0.25, 0.3) is 0 Å². The molecule has 0 unspecified atom stereocenters. The fourth-order valence-electron chi connectivity index (χ4n) is 2.04. The highest BCUT2D eigenvalue weighted by molar-refractivity contribution is 6.04. The van der Waals surface area contributed by atoms with Crippen LogP contribution < -0.4 is 5.73 Å². The molecule has 0 atom stereocenters. The Morgan fingerprint density at radius 2 is 2.33 bits per heavy atom. The van der Waals surface area contributed by atoms with Crippen LogP contribution in [-0.4, -0.2) is 41.1 Å². The van der Waals surface area contributed by atoms with Gasteiger partial charge in [-0.1, -0.05) is 12.7 Å². The Kier molecular flexibility index (Phi) is 4.54. The number of ether oxygens (including phenoxy) is 2. The smallest absolute Gasteiger partial charge is 0.342 e. The van der Waals surface area contributed by atoms with Crippen LogP contribution in [0.3, 0.4) is 0 Å². The first-order valence-electron chi connectivity index (χ1n) is 6.48. The Hall–Kier alpha value is -2.41. The van der Waals surface area contributed by atoms with Gasteiger partial charge in [-0.3, -0.25) is 0 Å². The third-order valence-electron chi connectivity index (χ3n) is 3.05. The van der Waals surface area contributed by atoms with E-state index in [1.807, 2.05) is 0 Å². The molecule has 2 heterocycles. The number of pyridine rings is 1. The van der Waals surface area contributed by atoms with Gasteiger partial charge >= 0.3 is 5.97 Å². The summed E-state index contributed by atoms with van der Waals surface area (Å²) in [4.78, 5) is 16.4. The molecule has 0 spiro atoms. The Labute approximate surface area is 122 Å². The number of methoxy groups -OCH3 is 1. The average molecular weight is 290 g/mol. The lowest BCUT2D eigenvalue weighted by Gasteiger charge is -2.10. The number of nitrogen functional groups attached to an aromatic ring is 1. The lowest BCUT2D eigenvalue weighted by Crippen LogP contribution is -2.13. The van der Waals surface area contributed by atoms with E-state index >= 15 is 0 Å². The predicted molar refractivity (Wildman–Crippen MR) is 79.0 cm³/mol. The summed E-state index contributed by atoms with van der Waals surface area (Å²) in [6.07, 6.45) is 3.09. The van der Waals surface area contributed by atoms with Gasteiger partial charge in [0, 0.05) is 7.11 Å². The molecule has 0 fully saturated rings. The molecule has 0 radical (unpaired) electrons. The highest BCUT2D eigenvalue weighted by Crippen LogP contribution is 2.26. The van der Waals surface area contributed by atoms with E-state index in [4.69, 9.17) is 15.2 Å². The van der Waals surface area contributed by atoms with Crippen LogP contribution in [0.15, 0.2) is 18.9 Å².